The Labute approximate surface area is 95.0 Å². The van der Waals surface area contributed by atoms with Gasteiger partial charge in [-0.15, -0.1) is 0 Å². The molecule has 4 nitrogen and oxygen atoms in total. The molecule has 0 saturated carbocycles. The molecule has 1 aromatic rings. The molecule has 16 heavy (non-hydrogen) atoms. The zero-order valence-electron chi connectivity index (χ0n) is 9.56. The van der Waals surface area contributed by atoms with E-state index >= 15 is 0 Å². The van der Waals surface area contributed by atoms with Gasteiger partial charge in [0.15, 0.2) is 0 Å². The van der Waals surface area contributed by atoms with Crippen LogP contribution in [0.1, 0.15) is 30.6 Å². The minimum Gasteiger partial charge on any atom is -0.506 e. The number of phenolic OH excluding ortho intramolecular Hbond substituents is 1. The molecule has 0 bridgehead atoms. The number of rotatable bonds is 4. The largest absolute Gasteiger partial charge is 0.506 e. The molecule has 0 aliphatic carbocycles. The fourth-order valence-electron chi connectivity index (χ4n) is 1.15. The lowest BCUT2D eigenvalue weighted by atomic mass is 10.1. The number of nitrogen functional groups attached to an aromatic ring is 1. The molecule has 0 aliphatic rings. The quantitative estimate of drug-likeness (QED) is 0.466. The number of nitrogens with two attached hydrogens (primary N) is 1. The Morgan fingerprint density at radius 3 is 2.75 bits per heavy atom. The average molecular weight is 223 g/mol. The van der Waals surface area contributed by atoms with E-state index in [0.717, 1.165) is 6.42 Å². The highest BCUT2D eigenvalue weighted by Crippen LogP contribution is 2.20. The van der Waals surface area contributed by atoms with Gasteiger partial charge in [-0.1, -0.05) is 13.8 Å². The Hall–Kier alpha value is -1.71. The molecule has 0 saturated heterocycles. The second-order valence-corrected chi connectivity index (χ2v) is 4.09. The van der Waals surface area contributed by atoms with Gasteiger partial charge in [0.25, 0.3) is 0 Å². The highest BCUT2D eigenvalue weighted by atomic mass is 16.5. The molecule has 4 heteroatoms. The molecule has 0 spiro atoms. The number of carbonyl (C=O) groups excluding carboxylic acids is 1. The topological polar surface area (TPSA) is 72.5 Å². The zero-order valence-corrected chi connectivity index (χ0v) is 9.56. The number of anilines is 1. The van der Waals surface area contributed by atoms with Crippen molar-refractivity contribution in [3.05, 3.63) is 23.8 Å². The summed E-state index contributed by atoms with van der Waals surface area (Å²) in [7, 11) is 0. The van der Waals surface area contributed by atoms with Gasteiger partial charge in [-0.05, 0) is 30.5 Å². The molecule has 1 aromatic carbocycles. The summed E-state index contributed by atoms with van der Waals surface area (Å²) < 4.78 is 5.06. The molecule has 0 aliphatic heterocycles. The van der Waals surface area contributed by atoms with E-state index in [0.29, 0.717) is 18.1 Å². The van der Waals surface area contributed by atoms with Crippen molar-refractivity contribution in [2.24, 2.45) is 5.92 Å². The highest BCUT2D eigenvalue weighted by molar-refractivity contribution is 5.90. The van der Waals surface area contributed by atoms with E-state index in [4.69, 9.17) is 10.5 Å². The maximum absolute atomic E-state index is 11.5. The normalized spacial score (nSPS) is 10.4. The van der Waals surface area contributed by atoms with E-state index in [2.05, 4.69) is 13.8 Å². The molecule has 0 amide bonds. The molecule has 0 radical (unpaired) electrons. The standard InChI is InChI=1S/C12H17NO3/c1-8(2)5-6-16-12(15)9-3-4-11(14)10(13)7-9/h3-4,7-8,14H,5-6,13H2,1-2H3. The van der Waals surface area contributed by atoms with Crippen molar-refractivity contribution >= 4 is 11.7 Å². The van der Waals surface area contributed by atoms with Crippen LogP contribution in [-0.4, -0.2) is 17.7 Å². The second-order valence-electron chi connectivity index (χ2n) is 4.09. The third-order valence-electron chi connectivity index (χ3n) is 2.19. The lowest BCUT2D eigenvalue weighted by Crippen LogP contribution is -2.08. The Balaban J connectivity index is 2.56. The Kier molecular flexibility index (Phi) is 4.17. The molecular weight excluding hydrogens is 206 g/mol. The molecule has 0 unspecified atom stereocenters. The van der Waals surface area contributed by atoms with Crippen molar-refractivity contribution in [2.45, 2.75) is 20.3 Å². The third kappa shape index (κ3) is 3.46. The predicted molar refractivity (Wildman–Crippen MR) is 62.3 cm³/mol. The van der Waals surface area contributed by atoms with E-state index < -0.39 is 5.97 Å². The van der Waals surface area contributed by atoms with Gasteiger partial charge < -0.3 is 15.6 Å². The molecular formula is C12H17NO3. The van der Waals surface area contributed by atoms with Crippen LogP contribution in [0.4, 0.5) is 5.69 Å². The first-order valence-corrected chi connectivity index (χ1v) is 5.26. The van der Waals surface area contributed by atoms with E-state index in [1.807, 2.05) is 0 Å². The Bertz CT molecular complexity index is 375. The number of hydrogen-bond donors (Lipinski definition) is 2. The van der Waals surface area contributed by atoms with Crippen LogP contribution in [0.5, 0.6) is 5.75 Å². The number of benzene rings is 1. The van der Waals surface area contributed by atoms with Gasteiger partial charge >= 0.3 is 5.97 Å². The monoisotopic (exact) mass is 223 g/mol. The van der Waals surface area contributed by atoms with Crippen molar-refractivity contribution in [1.82, 2.24) is 0 Å². The number of aromatic hydroxyl groups is 1. The van der Waals surface area contributed by atoms with Gasteiger partial charge in [-0.25, -0.2) is 4.79 Å². The van der Waals surface area contributed by atoms with Gasteiger partial charge in [-0.3, -0.25) is 0 Å². The minimum atomic E-state index is -0.410. The molecule has 0 aromatic heterocycles. The van der Waals surface area contributed by atoms with Crippen LogP contribution in [0.15, 0.2) is 18.2 Å². The first kappa shape index (κ1) is 12.4. The van der Waals surface area contributed by atoms with Gasteiger partial charge in [0.2, 0.25) is 0 Å². The van der Waals surface area contributed by atoms with Gasteiger partial charge in [-0.2, -0.15) is 0 Å². The number of hydrogen-bond acceptors (Lipinski definition) is 4. The lowest BCUT2D eigenvalue weighted by molar-refractivity contribution is 0.0488. The maximum Gasteiger partial charge on any atom is 0.338 e. The van der Waals surface area contributed by atoms with E-state index in [1.165, 1.54) is 18.2 Å². The molecule has 0 fully saturated rings. The van der Waals surface area contributed by atoms with Gasteiger partial charge in [0, 0.05) is 0 Å². The third-order valence-corrected chi connectivity index (χ3v) is 2.19. The van der Waals surface area contributed by atoms with Crippen LogP contribution in [-0.2, 0) is 4.74 Å². The number of carbonyl (C=O) groups is 1. The van der Waals surface area contributed by atoms with E-state index in [1.54, 1.807) is 0 Å². The fraction of sp³-hybridized carbons (Fsp3) is 0.417. The van der Waals surface area contributed by atoms with Crippen molar-refractivity contribution in [3.63, 3.8) is 0 Å². The van der Waals surface area contributed by atoms with Gasteiger partial charge in [0.05, 0.1) is 17.9 Å². The minimum absolute atomic E-state index is 0.0290. The van der Waals surface area contributed by atoms with Crippen molar-refractivity contribution in [2.75, 3.05) is 12.3 Å². The van der Waals surface area contributed by atoms with Gasteiger partial charge in [0.1, 0.15) is 5.75 Å². The summed E-state index contributed by atoms with van der Waals surface area (Å²) in [6.45, 7) is 4.52. The summed E-state index contributed by atoms with van der Waals surface area (Å²) in [5.74, 6) is 0.0590. The van der Waals surface area contributed by atoms with Crippen molar-refractivity contribution in [1.29, 1.82) is 0 Å². The summed E-state index contributed by atoms with van der Waals surface area (Å²) in [5, 5.41) is 9.20. The van der Waals surface area contributed by atoms with Crippen molar-refractivity contribution in [3.8, 4) is 5.75 Å². The average Bonchev–Trinajstić information content (AvgIpc) is 2.21. The fourth-order valence-corrected chi connectivity index (χ4v) is 1.15. The molecule has 88 valence electrons. The Morgan fingerprint density at radius 1 is 1.50 bits per heavy atom. The zero-order chi connectivity index (χ0) is 12.1. The first-order chi connectivity index (χ1) is 7.50. The van der Waals surface area contributed by atoms with Crippen LogP contribution in [0.25, 0.3) is 0 Å². The number of ether oxygens (including phenoxy) is 1. The predicted octanol–water partition coefficient (Wildman–Crippen LogP) is 2.18. The van der Waals surface area contributed by atoms with Crippen LogP contribution in [0, 0.1) is 5.92 Å². The molecule has 0 heterocycles. The summed E-state index contributed by atoms with van der Waals surface area (Å²) in [6.07, 6.45) is 0.833. The summed E-state index contributed by atoms with van der Waals surface area (Å²) in [5.41, 5.74) is 6.02. The first-order valence-electron chi connectivity index (χ1n) is 5.26. The van der Waals surface area contributed by atoms with Crippen molar-refractivity contribution < 1.29 is 14.6 Å². The molecule has 0 atom stereocenters. The van der Waals surface area contributed by atoms with Crippen LogP contribution >= 0.6 is 0 Å². The second kappa shape index (κ2) is 5.39. The summed E-state index contributed by atoms with van der Waals surface area (Å²) in [6, 6.07) is 4.28. The lowest BCUT2D eigenvalue weighted by Gasteiger charge is -2.07. The summed E-state index contributed by atoms with van der Waals surface area (Å²) in [4.78, 5) is 11.5. The van der Waals surface area contributed by atoms with Crippen LogP contribution in [0.3, 0.4) is 0 Å². The molecule has 3 N–H and O–H groups in total. The van der Waals surface area contributed by atoms with E-state index in [-0.39, 0.29) is 11.4 Å². The maximum atomic E-state index is 11.5. The molecule has 1 rings (SSSR count). The van der Waals surface area contributed by atoms with Crippen LogP contribution in [0.2, 0.25) is 0 Å². The van der Waals surface area contributed by atoms with E-state index in [9.17, 15) is 9.90 Å². The number of esters is 1. The van der Waals surface area contributed by atoms with Crippen LogP contribution < -0.4 is 5.73 Å². The summed E-state index contributed by atoms with van der Waals surface area (Å²) >= 11 is 0. The Morgan fingerprint density at radius 2 is 2.19 bits per heavy atom. The SMILES string of the molecule is CC(C)CCOC(=O)c1ccc(O)c(N)c1. The highest BCUT2D eigenvalue weighted by Gasteiger charge is 2.09. The number of phenols is 1. The smallest absolute Gasteiger partial charge is 0.338 e.